The summed E-state index contributed by atoms with van der Waals surface area (Å²) in [4.78, 5) is 2.50. The van der Waals surface area contributed by atoms with Gasteiger partial charge in [0.05, 0.1) is 6.10 Å². The fraction of sp³-hybridized carbons (Fsp3) is 0.571. The Kier molecular flexibility index (Phi) is 5.47. The van der Waals surface area contributed by atoms with Crippen LogP contribution < -0.4 is 10.1 Å². The lowest BCUT2D eigenvalue weighted by molar-refractivity contribution is 0.167. The molecule has 0 aliphatic carbocycles. The first kappa shape index (κ1) is 13.8. The normalized spacial score (nSPS) is 18.6. The van der Waals surface area contributed by atoms with E-state index < -0.39 is 0 Å². The second-order valence-electron chi connectivity index (χ2n) is 4.76. The van der Waals surface area contributed by atoms with Gasteiger partial charge in [-0.1, -0.05) is 15.9 Å². The third kappa shape index (κ3) is 4.59. The molecule has 0 radical (unpaired) electrons. The molecule has 1 unspecified atom stereocenters. The first-order valence-corrected chi connectivity index (χ1v) is 7.38. The smallest absolute Gasteiger partial charge is 0.119 e. The Balaban J connectivity index is 1.71. The number of halogens is 1. The van der Waals surface area contributed by atoms with Crippen molar-refractivity contribution in [3.8, 4) is 5.75 Å². The van der Waals surface area contributed by atoms with Gasteiger partial charge >= 0.3 is 0 Å². The van der Waals surface area contributed by atoms with Gasteiger partial charge in [0, 0.05) is 37.2 Å². The van der Waals surface area contributed by atoms with Gasteiger partial charge in [-0.15, -0.1) is 0 Å². The van der Waals surface area contributed by atoms with E-state index in [2.05, 4.69) is 33.1 Å². The molecule has 1 aromatic rings. The van der Waals surface area contributed by atoms with Gasteiger partial charge < -0.3 is 15.0 Å². The van der Waals surface area contributed by atoms with E-state index in [9.17, 15) is 0 Å². The Bertz CT molecular complexity index is 349. The number of hydrogen-bond acceptors (Lipinski definition) is 3. The number of hydrogen-bond donors (Lipinski definition) is 1. The van der Waals surface area contributed by atoms with Crippen LogP contribution in [0.1, 0.15) is 13.3 Å². The van der Waals surface area contributed by atoms with Crippen LogP contribution in [0.25, 0.3) is 0 Å². The number of piperazine rings is 1. The summed E-state index contributed by atoms with van der Waals surface area (Å²) in [6.45, 7) is 7.81. The van der Waals surface area contributed by atoms with Crippen molar-refractivity contribution in [1.82, 2.24) is 10.2 Å². The molecule has 1 fully saturated rings. The summed E-state index contributed by atoms with van der Waals surface area (Å²) in [6, 6.07) is 8.04. The van der Waals surface area contributed by atoms with Crippen molar-refractivity contribution in [2.24, 2.45) is 0 Å². The van der Waals surface area contributed by atoms with E-state index in [-0.39, 0.29) is 6.10 Å². The average Bonchev–Trinajstić information content (AvgIpc) is 2.40. The highest BCUT2D eigenvalue weighted by Crippen LogP contribution is 2.18. The van der Waals surface area contributed by atoms with Crippen LogP contribution in [0.3, 0.4) is 0 Å². The molecule has 0 bridgehead atoms. The van der Waals surface area contributed by atoms with Crippen LogP contribution in [0.4, 0.5) is 0 Å². The van der Waals surface area contributed by atoms with E-state index in [1.165, 1.54) is 0 Å². The van der Waals surface area contributed by atoms with Crippen molar-refractivity contribution < 1.29 is 4.74 Å². The van der Waals surface area contributed by atoms with Gasteiger partial charge in [0.2, 0.25) is 0 Å². The molecule has 0 spiro atoms. The topological polar surface area (TPSA) is 24.5 Å². The lowest BCUT2D eigenvalue weighted by Crippen LogP contribution is -2.44. The molecular weight excluding hydrogens is 292 g/mol. The fourth-order valence-corrected chi connectivity index (χ4v) is 2.37. The number of benzene rings is 1. The standard InChI is InChI=1S/C14H21BrN2O/c1-12(6-9-17-10-7-16-8-11-17)18-14-4-2-13(15)3-5-14/h2-5,12,16H,6-11H2,1H3. The van der Waals surface area contributed by atoms with Crippen LogP contribution in [0.15, 0.2) is 28.7 Å². The number of rotatable bonds is 5. The third-order valence-corrected chi connectivity index (χ3v) is 3.74. The minimum Gasteiger partial charge on any atom is -0.491 e. The van der Waals surface area contributed by atoms with Crippen molar-refractivity contribution in [1.29, 1.82) is 0 Å². The highest BCUT2D eigenvalue weighted by atomic mass is 79.9. The molecule has 1 atom stereocenters. The zero-order valence-electron chi connectivity index (χ0n) is 10.9. The van der Waals surface area contributed by atoms with Gasteiger partial charge in [-0.2, -0.15) is 0 Å². The first-order chi connectivity index (χ1) is 8.74. The molecule has 0 aromatic heterocycles. The minimum atomic E-state index is 0.265. The van der Waals surface area contributed by atoms with Gasteiger partial charge in [-0.05, 0) is 37.6 Å². The van der Waals surface area contributed by atoms with Crippen molar-refractivity contribution in [2.45, 2.75) is 19.4 Å². The largest absolute Gasteiger partial charge is 0.491 e. The van der Waals surface area contributed by atoms with Gasteiger partial charge in [0.15, 0.2) is 0 Å². The number of nitrogens with one attached hydrogen (secondary N) is 1. The van der Waals surface area contributed by atoms with E-state index in [0.717, 1.165) is 49.4 Å². The van der Waals surface area contributed by atoms with E-state index in [4.69, 9.17) is 4.74 Å². The Hall–Kier alpha value is -0.580. The van der Waals surface area contributed by atoms with E-state index >= 15 is 0 Å². The van der Waals surface area contributed by atoms with Crippen molar-refractivity contribution in [2.75, 3.05) is 32.7 Å². The highest BCUT2D eigenvalue weighted by Gasteiger charge is 2.11. The molecule has 1 aromatic carbocycles. The molecule has 1 N–H and O–H groups in total. The second kappa shape index (κ2) is 7.12. The molecule has 4 heteroatoms. The first-order valence-electron chi connectivity index (χ1n) is 6.59. The van der Waals surface area contributed by atoms with Crippen LogP contribution in [-0.4, -0.2) is 43.7 Å². The summed E-state index contributed by atoms with van der Waals surface area (Å²) in [6.07, 6.45) is 1.34. The zero-order valence-corrected chi connectivity index (χ0v) is 12.4. The summed E-state index contributed by atoms with van der Waals surface area (Å²) in [5, 5.41) is 3.37. The summed E-state index contributed by atoms with van der Waals surface area (Å²) in [5.41, 5.74) is 0. The maximum Gasteiger partial charge on any atom is 0.119 e. The average molecular weight is 313 g/mol. The molecule has 3 nitrogen and oxygen atoms in total. The summed E-state index contributed by atoms with van der Waals surface area (Å²) >= 11 is 3.43. The highest BCUT2D eigenvalue weighted by molar-refractivity contribution is 9.10. The molecular formula is C14H21BrN2O. The molecule has 100 valence electrons. The Morgan fingerprint density at radius 1 is 1.28 bits per heavy atom. The van der Waals surface area contributed by atoms with Gasteiger partial charge in [0.25, 0.3) is 0 Å². The van der Waals surface area contributed by atoms with Crippen molar-refractivity contribution in [3.05, 3.63) is 28.7 Å². The van der Waals surface area contributed by atoms with E-state index in [1.54, 1.807) is 0 Å². The predicted octanol–water partition coefficient (Wildman–Crippen LogP) is 2.51. The maximum atomic E-state index is 5.90. The van der Waals surface area contributed by atoms with Crippen LogP contribution >= 0.6 is 15.9 Å². The van der Waals surface area contributed by atoms with Crippen molar-refractivity contribution in [3.63, 3.8) is 0 Å². The number of nitrogens with zero attached hydrogens (tertiary/aromatic N) is 1. The maximum absolute atomic E-state index is 5.90. The van der Waals surface area contributed by atoms with Crippen molar-refractivity contribution >= 4 is 15.9 Å². The number of ether oxygens (including phenoxy) is 1. The lowest BCUT2D eigenvalue weighted by Gasteiger charge is -2.28. The van der Waals surface area contributed by atoms with E-state index in [1.807, 2.05) is 24.3 Å². The van der Waals surface area contributed by atoms with Crippen LogP contribution in [-0.2, 0) is 0 Å². The molecule has 18 heavy (non-hydrogen) atoms. The predicted molar refractivity (Wildman–Crippen MR) is 78.2 cm³/mol. The molecule has 1 saturated heterocycles. The van der Waals surface area contributed by atoms with Crippen LogP contribution in [0.2, 0.25) is 0 Å². The van der Waals surface area contributed by atoms with E-state index in [0.29, 0.717) is 0 Å². The van der Waals surface area contributed by atoms with Gasteiger partial charge in [0.1, 0.15) is 5.75 Å². The molecule has 0 amide bonds. The molecule has 1 aliphatic rings. The second-order valence-corrected chi connectivity index (χ2v) is 5.68. The Morgan fingerprint density at radius 2 is 1.94 bits per heavy atom. The fourth-order valence-electron chi connectivity index (χ4n) is 2.10. The summed E-state index contributed by atoms with van der Waals surface area (Å²) in [7, 11) is 0. The SMILES string of the molecule is CC(CCN1CCNCC1)Oc1ccc(Br)cc1. The minimum absolute atomic E-state index is 0.265. The zero-order chi connectivity index (χ0) is 12.8. The third-order valence-electron chi connectivity index (χ3n) is 3.21. The lowest BCUT2D eigenvalue weighted by atomic mass is 10.2. The van der Waals surface area contributed by atoms with Gasteiger partial charge in [-0.25, -0.2) is 0 Å². The summed E-state index contributed by atoms with van der Waals surface area (Å²) < 4.78 is 6.98. The van der Waals surface area contributed by atoms with Crippen LogP contribution in [0.5, 0.6) is 5.75 Å². The molecule has 1 heterocycles. The summed E-state index contributed by atoms with van der Waals surface area (Å²) in [5.74, 6) is 0.950. The Labute approximate surface area is 118 Å². The van der Waals surface area contributed by atoms with Gasteiger partial charge in [-0.3, -0.25) is 0 Å². The molecule has 2 rings (SSSR count). The molecule has 1 aliphatic heterocycles. The monoisotopic (exact) mass is 312 g/mol. The molecule has 0 saturated carbocycles. The quantitative estimate of drug-likeness (QED) is 0.904. The van der Waals surface area contributed by atoms with Crippen LogP contribution in [0, 0.1) is 0 Å². The Morgan fingerprint density at radius 3 is 2.61 bits per heavy atom.